The molecule has 4 nitrogen and oxygen atoms in total. The van der Waals surface area contributed by atoms with Crippen LogP contribution in [0.15, 0.2) is 40.4 Å². The highest BCUT2D eigenvalue weighted by Gasteiger charge is 2.15. The van der Waals surface area contributed by atoms with E-state index in [4.69, 9.17) is 11.6 Å². The molecule has 0 radical (unpaired) electrons. The summed E-state index contributed by atoms with van der Waals surface area (Å²) < 4.78 is 15.0. The number of hydrogen-bond donors (Lipinski definition) is 0. The average molecular weight is 328 g/mol. The molecule has 1 amide bonds. The number of carbonyl (C=O) groups is 1. The van der Waals surface area contributed by atoms with Gasteiger partial charge in [0.1, 0.15) is 10.8 Å². The molecule has 1 heterocycles. The summed E-state index contributed by atoms with van der Waals surface area (Å²) in [6.07, 6.45) is 1.57. The van der Waals surface area contributed by atoms with Crippen molar-refractivity contribution in [1.82, 2.24) is 14.7 Å². The molecule has 0 bridgehead atoms. The molecule has 112 valence electrons. The Balaban J connectivity index is 2.19. The molecule has 7 heteroatoms. The molecule has 0 unspecified atom stereocenters. The summed E-state index contributed by atoms with van der Waals surface area (Å²) in [4.78, 5) is 14.1. The SMILES string of the molecule is CCN(CC)C(=O)n1ccc(Sc2c(F)cccc2Cl)n1. The molecule has 1 aromatic heterocycles. The summed E-state index contributed by atoms with van der Waals surface area (Å²) in [5, 5.41) is 5.01. The second-order valence-electron chi connectivity index (χ2n) is 4.21. The molecule has 0 spiro atoms. The van der Waals surface area contributed by atoms with Gasteiger partial charge in [-0.05, 0) is 32.0 Å². The lowest BCUT2D eigenvalue weighted by molar-refractivity contribution is 0.201. The maximum Gasteiger partial charge on any atom is 0.344 e. The van der Waals surface area contributed by atoms with E-state index >= 15 is 0 Å². The van der Waals surface area contributed by atoms with Crippen molar-refractivity contribution in [3.63, 3.8) is 0 Å². The zero-order valence-electron chi connectivity index (χ0n) is 11.7. The van der Waals surface area contributed by atoms with Gasteiger partial charge in [-0.2, -0.15) is 9.78 Å². The van der Waals surface area contributed by atoms with Gasteiger partial charge in [-0.15, -0.1) is 0 Å². The van der Waals surface area contributed by atoms with Gasteiger partial charge in [0.2, 0.25) is 0 Å². The van der Waals surface area contributed by atoms with Gasteiger partial charge in [0, 0.05) is 19.3 Å². The van der Waals surface area contributed by atoms with Crippen LogP contribution in [0.25, 0.3) is 0 Å². The molecule has 0 aliphatic carbocycles. The minimum atomic E-state index is -0.405. The predicted molar refractivity (Wildman–Crippen MR) is 81.5 cm³/mol. The second kappa shape index (κ2) is 6.95. The van der Waals surface area contributed by atoms with E-state index in [-0.39, 0.29) is 6.03 Å². The maximum atomic E-state index is 13.7. The largest absolute Gasteiger partial charge is 0.344 e. The van der Waals surface area contributed by atoms with E-state index in [1.807, 2.05) is 13.8 Å². The van der Waals surface area contributed by atoms with Crippen molar-refractivity contribution in [1.29, 1.82) is 0 Å². The first-order valence-corrected chi connectivity index (χ1v) is 7.73. The normalized spacial score (nSPS) is 10.7. The highest BCUT2D eigenvalue weighted by molar-refractivity contribution is 7.99. The van der Waals surface area contributed by atoms with Crippen LogP contribution in [0.1, 0.15) is 13.8 Å². The third-order valence-corrected chi connectivity index (χ3v) is 4.39. The summed E-state index contributed by atoms with van der Waals surface area (Å²) >= 11 is 7.07. The van der Waals surface area contributed by atoms with E-state index in [9.17, 15) is 9.18 Å². The Morgan fingerprint density at radius 2 is 2.10 bits per heavy atom. The summed E-state index contributed by atoms with van der Waals surface area (Å²) in [7, 11) is 0. The molecule has 0 atom stereocenters. The first-order chi connectivity index (χ1) is 10.1. The van der Waals surface area contributed by atoms with Crippen molar-refractivity contribution in [2.75, 3.05) is 13.1 Å². The van der Waals surface area contributed by atoms with Crippen LogP contribution in [0.3, 0.4) is 0 Å². The van der Waals surface area contributed by atoms with Crippen LogP contribution in [0.4, 0.5) is 9.18 Å². The molecule has 0 N–H and O–H groups in total. The van der Waals surface area contributed by atoms with Crippen LogP contribution in [-0.4, -0.2) is 33.8 Å². The zero-order chi connectivity index (χ0) is 15.4. The lowest BCUT2D eigenvalue weighted by atomic mass is 10.3. The highest BCUT2D eigenvalue weighted by atomic mass is 35.5. The fourth-order valence-electron chi connectivity index (χ4n) is 1.79. The van der Waals surface area contributed by atoms with Crippen molar-refractivity contribution in [2.24, 2.45) is 0 Å². The number of rotatable bonds is 4. The quantitative estimate of drug-likeness (QED) is 0.847. The van der Waals surface area contributed by atoms with Gasteiger partial charge in [0.25, 0.3) is 0 Å². The van der Waals surface area contributed by atoms with E-state index in [1.165, 1.54) is 10.7 Å². The summed E-state index contributed by atoms with van der Waals surface area (Å²) in [6, 6.07) is 5.96. The maximum absolute atomic E-state index is 13.7. The van der Waals surface area contributed by atoms with E-state index in [0.29, 0.717) is 28.0 Å². The van der Waals surface area contributed by atoms with Crippen molar-refractivity contribution in [3.8, 4) is 0 Å². The number of aromatic nitrogens is 2. The zero-order valence-corrected chi connectivity index (χ0v) is 13.3. The standard InChI is InChI=1S/C14H15ClFN3OS/c1-3-18(4-2)14(20)19-9-8-12(17-19)21-13-10(15)6-5-7-11(13)16/h5-9H,3-4H2,1-2H3. The predicted octanol–water partition coefficient (Wildman–Crippen LogP) is 4.14. The first-order valence-electron chi connectivity index (χ1n) is 6.53. The Morgan fingerprint density at radius 1 is 1.38 bits per heavy atom. The molecular formula is C14H15ClFN3OS. The molecule has 0 saturated heterocycles. The molecule has 21 heavy (non-hydrogen) atoms. The number of carbonyl (C=O) groups excluding carboxylic acids is 1. The molecule has 1 aromatic carbocycles. The summed E-state index contributed by atoms with van der Waals surface area (Å²) in [5.74, 6) is -0.405. The molecule has 0 fully saturated rings. The minimum Gasteiger partial charge on any atom is -0.323 e. The number of benzene rings is 1. The van der Waals surface area contributed by atoms with Gasteiger partial charge < -0.3 is 4.90 Å². The first kappa shape index (κ1) is 15.9. The van der Waals surface area contributed by atoms with Gasteiger partial charge in [-0.25, -0.2) is 9.18 Å². The number of amides is 1. The van der Waals surface area contributed by atoms with E-state index in [1.54, 1.807) is 29.3 Å². The van der Waals surface area contributed by atoms with Crippen LogP contribution in [0, 0.1) is 5.82 Å². The number of halogens is 2. The lowest BCUT2D eigenvalue weighted by Crippen LogP contribution is -2.34. The third kappa shape index (κ3) is 3.57. The summed E-state index contributed by atoms with van der Waals surface area (Å²) in [6.45, 7) is 5.02. The number of hydrogen-bond acceptors (Lipinski definition) is 3. The monoisotopic (exact) mass is 327 g/mol. The van der Waals surface area contributed by atoms with E-state index in [2.05, 4.69) is 5.10 Å². The fourth-order valence-corrected chi connectivity index (χ4v) is 2.87. The Kier molecular flexibility index (Phi) is 5.25. The second-order valence-corrected chi connectivity index (χ2v) is 5.64. The Labute approximate surface area is 131 Å². The topological polar surface area (TPSA) is 38.1 Å². The van der Waals surface area contributed by atoms with Gasteiger partial charge in [0.05, 0.1) is 9.92 Å². The van der Waals surface area contributed by atoms with Crippen LogP contribution >= 0.6 is 23.4 Å². The Bertz CT molecular complexity index is 623. The summed E-state index contributed by atoms with van der Waals surface area (Å²) in [5.41, 5.74) is 0. The smallest absolute Gasteiger partial charge is 0.323 e. The third-order valence-electron chi connectivity index (χ3n) is 2.92. The van der Waals surface area contributed by atoms with E-state index < -0.39 is 5.82 Å². The van der Waals surface area contributed by atoms with Crippen LogP contribution in [-0.2, 0) is 0 Å². The Morgan fingerprint density at radius 3 is 2.71 bits per heavy atom. The number of nitrogens with zero attached hydrogens (tertiary/aromatic N) is 3. The van der Waals surface area contributed by atoms with Gasteiger partial charge >= 0.3 is 6.03 Å². The van der Waals surface area contributed by atoms with Crippen LogP contribution in [0.2, 0.25) is 5.02 Å². The fraction of sp³-hybridized carbons (Fsp3) is 0.286. The highest BCUT2D eigenvalue weighted by Crippen LogP contribution is 2.34. The van der Waals surface area contributed by atoms with Crippen molar-refractivity contribution in [2.45, 2.75) is 23.8 Å². The van der Waals surface area contributed by atoms with Gasteiger partial charge in [-0.1, -0.05) is 29.4 Å². The van der Waals surface area contributed by atoms with Crippen molar-refractivity contribution in [3.05, 3.63) is 41.3 Å². The van der Waals surface area contributed by atoms with Crippen LogP contribution in [0.5, 0.6) is 0 Å². The molecule has 0 saturated carbocycles. The van der Waals surface area contributed by atoms with Crippen molar-refractivity contribution < 1.29 is 9.18 Å². The Hall–Kier alpha value is -1.53. The van der Waals surface area contributed by atoms with E-state index in [0.717, 1.165) is 11.8 Å². The average Bonchev–Trinajstić information content (AvgIpc) is 2.93. The molecule has 0 aliphatic heterocycles. The molecule has 2 aromatic rings. The lowest BCUT2D eigenvalue weighted by Gasteiger charge is -2.17. The van der Waals surface area contributed by atoms with Crippen molar-refractivity contribution >= 4 is 29.4 Å². The molecular weight excluding hydrogens is 313 g/mol. The van der Waals surface area contributed by atoms with Gasteiger partial charge in [-0.3, -0.25) is 0 Å². The molecule has 0 aliphatic rings. The van der Waals surface area contributed by atoms with Crippen LogP contribution < -0.4 is 0 Å². The van der Waals surface area contributed by atoms with Gasteiger partial charge in [0.15, 0.2) is 0 Å². The molecule has 2 rings (SSSR count). The minimum absolute atomic E-state index is 0.202.